The summed E-state index contributed by atoms with van der Waals surface area (Å²) in [6, 6.07) is 4.50. The molecule has 0 bridgehead atoms. The van der Waals surface area contributed by atoms with E-state index in [9.17, 15) is 8.78 Å². The van der Waals surface area contributed by atoms with Crippen LogP contribution in [0.1, 0.15) is 31.4 Å². The molecule has 1 heterocycles. The number of fused-ring (bicyclic) bond motifs is 1. The van der Waals surface area contributed by atoms with E-state index < -0.39 is 6.29 Å². The molecular formula is C11H13F2NO2. The Morgan fingerprint density at radius 2 is 2.00 bits per heavy atom. The zero-order valence-corrected chi connectivity index (χ0v) is 8.87. The summed E-state index contributed by atoms with van der Waals surface area (Å²) in [6.07, 6.45) is -1.82. The standard InChI is InChI=1S/C11H13F2NO2/c1-2-3-8(14)7-4-5-9-10(6-7)16-11(12,13)15-9/h4-6,8H,2-3,14H2,1H3/t8-/m1/s1. The minimum absolute atomic E-state index is 0.0500. The highest BCUT2D eigenvalue weighted by atomic mass is 19.3. The van der Waals surface area contributed by atoms with Crippen LogP contribution in [0.3, 0.4) is 0 Å². The lowest BCUT2D eigenvalue weighted by atomic mass is 10.0. The fraction of sp³-hybridized carbons (Fsp3) is 0.455. The molecule has 0 fully saturated rings. The average molecular weight is 229 g/mol. The highest BCUT2D eigenvalue weighted by molar-refractivity contribution is 5.45. The molecule has 0 aromatic heterocycles. The molecule has 3 nitrogen and oxygen atoms in total. The van der Waals surface area contributed by atoms with Crippen LogP contribution in [0, 0.1) is 0 Å². The van der Waals surface area contributed by atoms with Gasteiger partial charge in [-0.05, 0) is 24.1 Å². The van der Waals surface area contributed by atoms with Crippen molar-refractivity contribution in [3.63, 3.8) is 0 Å². The van der Waals surface area contributed by atoms with Crippen molar-refractivity contribution in [2.75, 3.05) is 0 Å². The van der Waals surface area contributed by atoms with Gasteiger partial charge in [0.1, 0.15) is 0 Å². The number of ether oxygens (including phenoxy) is 2. The first-order valence-electron chi connectivity index (χ1n) is 5.17. The van der Waals surface area contributed by atoms with Gasteiger partial charge in [0.25, 0.3) is 0 Å². The van der Waals surface area contributed by atoms with E-state index in [2.05, 4.69) is 9.47 Å². The molecule has 0 saturated heterocycles. The van der Waals surface area contributed by atoms with Crippen LogP contribution in [-0.4, -0.2) is 6.29 Å². The largest absolute Gasteiger partial charge is 0.586 e. The predicted molar refractivity (Wildman–Crippen MR) is 54.5 cm³/mol. The van der Waals surface area contributed by atoms with E-state index >= 15 is 0 Å². The van der Waals surface area contributed by atoms with Crippen molar-refractivity contribution < 1.29 is 18.3 Å². The van der Waals surface area contributed by atoms with Crippen LogP contribution < -0.4 is 15.2 Å². The van der Waals surface area contributed by atoms with E-state index in [4.69, 9.17) is 5.73 Å². The molecule has 1 aliphatic heterocycles. The number of hydrogen-bond donors (Lipinski definition) is 1. The third kappa shape index (κ3) is 2.09. The SMILES string of the molecule is CCC[C@@H](N)c1ccc2c(c1)OC(F)(F)O2. The molecule has 0 unspecified atom stereocenters. The van der Waals surface area contributed by atoms with Crippen molar-refractivity contribution in [3.8, 4) is 11.5 Å². The Balaban J connectivity index is 2.22. The van der Waals surface area contributed by atoms with Crippen molar-refractivity contribution in [3.05, 3.63) is 23.8 Å². The van der Waals surface area contributed by atoms with Crippen LogP contribution in [0.25, 0.3) is 0 Å². The summed E-state index contributed by atoms with van der Waals surface area (Å²) in [5.74, 6) is 0.103. The minimum atomic E-state index is -3.56. The predicted octanol–water partition coefficient (Wildman–Crippen LogP) is 2.81. The number of hydrogen-bond acceptors (Lipinski definition) is 3. The van der Waals surface area contributed by atoms with Crippen LogP contribution in [0.15, 0.2) is 18.2 Å². The average Bonchev–Trinajstić information content (AvgIpc) is 2.50. The Labute approximate surface area is 92.1 Å². The van der Waals surface area contributed by atoms with Gasteiger partial charge in [-0.1, -0.05) is 19.4 Å². The van der Waals surface area contributed by atoms with Crippen molar-refractivity contribution in [1.82, 2.24) is 0 Å². The number of benzene rings is 1. The van der Waals surface area contributed by atoms with Gasteiger partial charge in [0.15, 0.2) is 11.5 Å². The van der Waals surface area contributed by atoms with E-state index in [1.807, 2.05) is 6.92 Å². The Morgan fingerprint density at radius 1 is 1.31 bits per heavy atom. The molecule has 1 aromatic carbocycles. The highest BCUT2D eigenvalue weighted by Gasteiger charge is 2.43. The van der Waals surface area contributed by atoms with Gasteiger partial charge in [-0.15, -0.1) is 8.78 Å². The quantitative estimate of drug-likeness (QED) is 0.866. The highest BCUT2D eigenvalue weighted by Crippen LogP contribution is 2.42. The van der Waals surface area contributed by atoms with Crippen molar-refractivity contribution in [2.24, 2.45) is 5.73 Å². The first kappa shape index (κ1) is 11.1. The first-order chi connectivity index (χ1) is 7.52. The summed E-state index contributed by atoms with van der Waals surface area (Å²) in [4.78, 5) is 0. The van der Waals surface area contributed by atoms with E-state index in [1.54, 1.807) is 6.07 Å². The number of rotatable bonds is 3. The minimum Gasteiger partial charge on any atom is -0.395 e. The molecule has 1 aliphatic rings. The van der Waals surface area contributed by atoms with Gasteiger partial charge in [0.2, 0.25) is 0 Å². The van der Waals surface area contributed by atoms with E-state index in [-0.39, 0.29) is 17.5 Å². The van der Waals surface area contributed by atoms with Crippen LogP contribution in [-0.2, 0) is 0 Å². The second-order valence-electron chi connectivity index (χ2n) is 3.77. The number of alkyl halides is 2. The fourth-order valence-electron chi connectivity index (χ4n) is 1.67. The fourth-order valence-corrected chi connectivity index (χ4v) is 1.67. The molecule has 5 heteroatoms. The third-order valence-electron chi connectivity index (χ3n) is 2.45. The summed E-state index contributed by atoms with van der Waals surface area (Å²) in [5.41, 5.74) is 6.66. The first-order valence-corrected chi connectivity index (χ1v) is 5.17. The van der Waals surface area contributed by atoms with Crippen molar-refractivity contribution in [1.29, 1.82) is 0 Å². The molecule has 0 aliphatic carbocycles. The summed E-state index contributed by atoms with van der Waals surface area (Å²) in [5, 5.41) is 0. The Bertz CT molecular complexity index is 396. The van der Waals surface area contributed by atoms with Gasteiger partial charge >= 0.3 is 6.29 Å². The molecule has 2 rings (SSSR count). The van der Waals surface area contributed by atoms with Gasteiger partial charge in [0.05, 0.1) is 0 Å². The zero-order chi connectivity index (χ0) is 11.8. The van der Waals surface area contributed by atoms with Gasteiger partial charge in [-0.3, -0.25) is 0 Å². The van der Waals surface area contributed by atoms with Crippen LogP contribution in [0.5, 0.6) is 11.5 Å². The molecule has 2 N–H and O–H groups in total. The van der Waals surface area contributed by atoms with E-state index in [0.29, 0.717) is 0 Å². The van der Waals surface area contributed by atoms with Crippen LogP contribution in [0.4, 0.5) is 8.78 Å². The summed E-state index contributed by atoms with van der Waals surface area (Å²) < 4.78 is 34.1. The molecule has 16 heavy (non-hydrogen) atoms. The summed E-state index contributed by atoms with van der Waals surface area (Å²) >= 11 is 0. The third-order valence-corrected chi connectivity index (χ3v) is 2.45. The molecule has 1 atom stereocenters. The molecule has 1 aromatic rings. The second-order valence-corrected chi connectivity index (χ2v) is 3.77. The summed E-state index contributed by atoms with van der Waals surface area (Å²) in [7, 11) is 0. The zero-order valence-electron chi connectivity index (χ0n) is 8.87. The summed E-state index contributed by atoms with van der Waals surface area (Å²) in [6.45, 7) is 2.01. The van der Waals surface area contributed by atoms with Crippen LogP contribution >= 0.6 is 0 Å². The second kappa shape index (κ2) is 3.90. The molecule has 0 amide bonds. The monoisotopic (exact) mass is 229 g/mol. The maximum absolute atomic E-state index is 12.7. The maximum Gasteiger partial charge on any atom is 0.586 e. The topological polar surface area (TPSA) is 44.5 Å². The lowest BCUT2D eigenvalue weighted by molar-refractivity contribution is -0.286. The Kier molecular flexibility index (Phi) is 2.71. The normalized spacial score (nSPS) is 18.5. The molecule has 88 valence electrons. The van der Waals surface area contributed by atoms with Gasteiger partial charge in [-0.2, -0.15) is 0 Å². The number of nitrogens with two attached hydrogens (primary N) is 1. The Morgan fingerprint density at radius 3 is 2.69 bits per heavy atom. The van der Waals surface area contributed by atoms with E-state index in [0.717, 1.165) is 18.4 Å². The smallest absolute Gasteiger partial charge is 0.395 e. The van der Waals surface area contributed by atoms with Crippen molar-refractivity contribution in [2.45, 2.75) is 32.1 Å². The Hall–Kier alpha value is -1.36. The molecular weight excluding hydrogens is 216 g/mol. The van der Waals surface area contributed by atoms with Crippen LogP contribution in [0.2, 0.25) is 0 Å². The molecule has 0 spiro atoms. The van der Waals surface area contributed by atoms with E-state index in [1.165, 1.54) is 12.1 Å². The molecule has 0 saturated carbocycles. The lowest BCUT2D eigenvalue weighted by Crippen LogP contribution is -2.25. The number of halogens is 2. The van der Waals surface area contributed by atoms with Gasteiger partial charge in [0, 0.05) is 6.04 Å². The van der Waals surface area contributed by atoms with Gasteiger partial charge in [-0.25, -0.2) is 0 Å². The van der Waals surface area contributed by atoms with Gasteiger partial charge < -0.3 is 15.2 Å². The maximum atomic E-state index is 12.7. The van der Waals surface area contributed by atoms with Crippen molar-refractivity contribution >= 4 is 0 Å². The lowest BCUT2D eigenvalue weighted by Gasteiger charge is -2.10. The molecule has 0 radical (unpaired) electrons.